The zero-order chi connectivity index (χ0) is 14.0. The first-order valence-electron chi connectivity index (χ1n) is 6.16. The van der Waals surface area contributed by atoms with Crippen molar-refractivity contribution in [3.05, 3.63) is 47.2 Å². The highest BCUT2D eigenvalue weighted by Gasteiger charge is 2.14. The minimum Gasteiger partial charge on any atom is -0.477 e. The number of aliphatic hydroxyl groups is 1. The molecule has 19 heavy (non-hydrogen) atoms. The van der Waals surface area contributed by atoms with E-state index in [9.17, 15) is 4.79 Å². The summed E-state index contributed by atoms with van der Waals surface area (Å²) in [6, 6.07) is 9.37. The Kier molecular flexibility index (Phi) is 3.71. The summed E-state index contributed by atoms with van der Waals surface area (Å²) in [5.74, 6) is -0.983. The summed E-state index contributed by atoms with van der Waals surface area (Å²) in [6.45, 7) is 4.24. The maximum absolute atomic E-state index is 11.2. The van der Waals surface area contributed by atoms with Crippen LogP contribution in [0.1, 0.15) is 21.6 Å². The molecule has 0 unspecified atom stereocenters. The SMILES string of the molecule is Cc1ccc(-c2ccc(C(=O)O)n2CCO)cc1C. The van der Waals surface area contributed by atoms with Gasteiger partial charge in [-0.1, -0.05) is 12.1 Å². The van der Waals surface area contributed by atoms with Crippen LogP contribution in [0.25, 0.3) is 11.3 Å². The standard InChI is InChI=1S/C15H17NO3/c1-10-3-4-12(9-11(10)2)13-5-6-14(15(18)19)16(13)7-8-17/h3-6,9,17H,7-8H2,1-2H3,(H,18,19). The normalized spacial score (nSPS) is 10.7. The van der Waals surface area contributed by atoms with Crippen LogP contribution in [0.3, 0.4) is 0 Å². The maximum Gasteiger partial charge on any atom is 0.352 e. The molecule has 0 atom stereocenters. The van der Waals surface area contributed by atoms with Crippen LogP contribution in [0.2, 0.25) is 0 Å². The van der Waals surface area contributed by atoms with E-state index in [1.165, 1.54) is 5.56 Å². The van der Waals surface area contributed by atoms with Gasteiger partial charge in [-0.25, -0.2) is 4.79 Å². The van der Waals surface area contributed by atoms with E-state index in [4.69, 9.17) is 10.2 Å². The van der Waals surface area contributed by atoms with Gasteiger partial charge in [0.2, 0.25) is 0 Å². The third-order valence-electron chi connectivity index (χ3n) is 3.33. The molecule has 2 aromatic rings. The number of aliphatic hydroxyl groups excluding tert-OH is 1. The lowest BCUT2D eigenvalue weighted by Gasteiger charge is -2.11. The number of aromatic nitrogens is 1. The Labute approximate surface area is 111 Å². The lowest BCUT2D eigenvalue weighted by molar-refractivity contribution is 0.0684. The number of carbonyl (C=O) groups is 1. The molecule has 0 saturated heterocycles. The summed E-state index contributed by atoms with van der Waals surface area (Å²) in [7, 11) is 0. The molecule has 0 aliphatic rings. The van der Waals surface area contributed by atoms with E-state index in [0.29, 0.717) is 0 Å². The lowest BCUT2D eigenvalue weighted by Crippen LogP contribution is -2.12. The molecule has 0 amide bonds. The van der Waals surface area contributed by atoms with Crippen molar-refractivity contribution >= 4 is 5.97 Å². The number of aromatic carboxylic acids is 1. The van der Waals surface area contributed by atoms with E-state index in [1.807, 2.05) is 32.0 Å². The van der Waals surface area contributed by atoms with Crippen LogP contribution < -0.4 is 0 Å². The summed E-state index contributed by atoms with van der Waals surface area (Å²) in [4.78, 5) is 11.2. The monoisotopic (exact) mass is 259 g/mol. The van der Waals surface area contributed by atoms with Crippen LogP contribution in [-0.2, 0) is 6.54 Å². The number of rotatable bonds is 4. The quantitative estimate of drug-likeness (QED) is 0.886. The van der Waals surface area contributed by atoms with Crippen molar-refractivity contribution in [3.63, 3.8) is 0 Å². The van der Waals surface area contributed by atoms with Crippen LogP contribution in [-0.4, -0.2) is 27.4 Å². The smallest absolute Gasteiger partial charge is 0.352 e. The van der Waals surface area contributed by atoms with Crippen molar-refractivity contribution in [1.82, 2.24) is 4.57 Å². The molecule has 0 aliphatic carbocycles. The summed E-state index contributed by atoms with van der Waals surface area (Å²) in [5, 5.41) is 18.2. The zero-order valence-electron chi connectivity index (χ0n) is 11.1. The minimum absolute atomic E-state index is 0.0905. The average Bonchev–Trinajstić information content (AvgIpc) is 2.77. The molecule has 1 aromatic heterocycles. The number of aryl methyl sites for hydroxylation is 2. The van der Waals surface area contributed by atoms with Crippen molar-refractivity contribution in [1.29, 1.82) is 0 Å². The number of benzene rings is 1. The fourth-order valence-corrected chi connectivity index (χ4v) is 2.15. The van der Waals surface area contributed by atoms with Gasteiger partial charge >= 0.3 is 5.97 Å². The topological polar surface area (TPSA) is 62.5 Å². The summed E-state index contributed by atoms with van der Waals surface area (Å²) in [5.41, 5.74) is 4.33. The van der Waals surface area contributed by atoms with E-state index >= 15 is 0 Å². The van der Waals surface area contributed by atoms with Crippen molar-refractivity contribution in [2.75, 3.05) is 6.61 Å². The number of hydrogen-bond acceptors (Lipinski definition) is 2. The molecule has 4 heteroatoms. The Morgan fingerprint density at radius 1 is 1.16 bits per heavy atom. The number of carboxylic acids is 1. The second kappa shape index (κ2) is 5.28. The highest BCUT2D eigenvalue weighted by molar-refractivity contribution is 5.87. The highest BCUT2D eigenvalue weighted by atomic mass is 16.4. The number of nitrogens with zero attached hydrogens (tertiary/aromatic N) is 1. The third-order valence-corrected chi connectivity index (χ3v) is 3.33. The van der Waals surface area contributed by atoms with Crippen LogP contribution in [0.15, 0.2) is 30.3 Å². The number of hydrogen-bond donors (Lipinski definition) is 2. The zero-order valence-corrected chi connectivity index (χ0v) is 11.1. The molecule has 0 bridgehead atoms. The van der Waals surface area contributed by atoms with Crippen LogP contribution in [0.4, 0.5) is 0 Å². The van der Waals surface area contributed by atoms with Gasteiger partial charge in [-0.15, -0.1) is 0 Å². The maximum atomic E-state index is 11.2. The van der Waals surface area contributed by atoms with Crippen LogP contribution >= 0.6 is 0 Å². The second-order valence-electron chi connectivity index (χ2n) is 4.58. The lowest BCUT2D eigenvalue weighted by atomic mass is 10.0. The van der Waals surface area contributed by atoms with E-state index in [2.05, 4.69) is 0 Å². The summed E-state index contributed by atoms with van der Waals surface area (Å²) in [6.07, 6.45) is 0. The van der Waals surface area contributed by atoms with E-state index in [-0.39, 0.29) is 18.8 Å². The molecule has 0 spiro atoms. The molecule has 1 heterocycles. The largest absolute Gasteiger partial charge is 0.477 e. The Morgan fingerprint density at radius 3 is 2.47 bits per heavy atom. The summed E-state index contributed by atoms with van der Waals surface area (Å²) >= 11 is 0. The Morgan fingerprint density at radius 2 is 1.89 bits per heavy atom. The van der Waals surface area contributed by atoms with Gasteiger partial charge < -0.3 is 14.8 Å². The predicted molar refractivity (Wildman–Crippen MR) is 73.4 cm³/mol. The molecule has 2 N–H and O–H groups in total. The highest BCUT2D eigenvalue weighted by Crippen LogP contribution is 2.25. The third kappa shape index (κ3) is 2.53. The second-order valence-corrected chi connectivity index (χ2v) is 4.58. The predicted octanol–water partition coefficient (Wildman–Crippen LogP) is 2.46. The van der Waals surface area contributed by atoms with Gasteiger partial charge in [-0.2, -0.15) is 0 Å². The van der Waals surface area contributed by atoms with Crippen molar-refractivity contribution in [2.45, 2.75) is 20.4 Å². The van der Waals surface area contributed by atoms with Crippen LogP contribution in [0, 0.1) is 13.8 Å². The van der Waals surface area contributed by atoms with Gasteiger partial charge in [0.15, 0.2) is 0 Å². The van der Waals surface area contributed by atoms with Crippen LogP contribution in [0.5, 0.6) is 0 Å². The molecule has 0 aliphatic heterocycles. The molecule has 1 aromatic carbocycles. The van der Waals surface area contributed by atoms with Gasteiger partial charge in [0.1, 0.15) is 5.69 Å². The van der Waals surface area contributed by atoms with Gasteiger partial charge in [-0.3, -0.25) is 0 Å². The first-order chi connectivity index (χ1) is 9.04. The molecule has 2 rings (SSSR count). The number of carboxylic acid groups (broad SMARTS) is 1. The molecule has 100 valence electrons. The molecular weight excluding hydrogens is 242 g/mol. The fourth-order valence-electron chi connectivity index (χ4n) is 2.15. The van der Waals surface area contributed by atoms with Gasteiger partial charge in [0.05, 0.1) is 6.61 Å². The first kappa shape index (κ1) is 13.4. The van der Waals surface area contributed by atoms with Gasteiger partial charge in [-0.05, 0) is 48.7 Å². The van der Waals surface area contributed by atoms with E-state index in [0.717, 1.165) is 16.8 Å². The molecular formula is C15H17NO3. The van der Waals surface area contributed by atoms with E-state index < -0.39 is 5.97 Å². The Hall–Kier alpha value is -2.07. The fraction of sp³-hybridized carbons (Fsp3) is 0.267. The summed E-state index contributed by atoms with van der Waals surface area (Å²) < 4.78 is 1.63. The van der Waals surface area contributed by atoms with Crippen molar-refractivity contribution in [2.24, 2.45) is 0 Å². The van der Waals surface area contributed by atoms with Crippen molar-refractivity contribution < 1.29 is 15.0 Å². The average molecular weight is 259 g/mol. The molecule has 0 saturated carbocycles. The molecule has 4 nitrogen and oxygen atoms in total. The van der Waals surface area contributed by atoms with E-state index in [1.54, 1.807) is 16.7 Å². The van der Waals surface area contributed by atoms with Crippen molar-refractivity contribution in [3.8, 4) is 11.3 Å². The van der Waals surface area contributed by atoms with Gasteiger partial charge in [0, 0.05) is 12.2 Å². The van der Waals surface area contributed by atoms with Gasteiger partial charge in [0.25, 0.3) is 0 Å². The minimum atomic E-state index is -0.983. The molecule has 0 fully saturated rings. The Balaban J connectivity index is 2.55. The Bertz CT molecular complexity index is 614. The molecule has 0 radical (unpaired) electrons. The first-order valence-corrected chi connectivity index (χ1v) is 6.16.